The van der Waals surface area contributed by atoms with E-state index in [0.29, 0.717) is 6.42 Å². The van der Waals surface area contributed by atoms with Gasteiger partial charge in [-0.3, -0.25) is 4.79 Å². The lowest BCUT2D eigenvalue weighted by molar-refractivity contribution is -0.266. The van der Waals surface area contributed by atoms with Gasteiger partial charge >= 0.3 is 0 Å². The molecule has 1 aromatic carbocycles. The fraction of sp³-hybridized carbons (Fsp3) is 0.588. The number of benzene rings is 1. The predicted octanol–water partition coefficient (Wildman–Crippen LogP) is 2.35. The van der Waals surface area contributed by atoms with Crippen LogP contribution in [-0.4, -0.2) is 34.3 Å². The average Bonchev–Trinajstić information content (AvgIpc) is 2.65. The van der Waals surface area contributed by atoms with Crippen LogP contribution in [0.25, 0.3) is 0 Å². The molecule has 5 heteroatoms. The number of hydrogen-bond donors (Lipinski definition) is 1. The van der Waals surface area contributed by atoms with Crippen molar-refractivity contribution in [1.82, 2.24) is 0 Å². The number of fused-ring (bicyclic) bond motifs is 2. The second kappa shape index (κ2) is 5.06. The van der Waals surface area contributed by atoms with Crippen molar-refractivity contribution in [2.24, 2.45) is 11.8 Å². The van der Waals surface area contributed by atoms with Crippen molar-refractivity contribution in [2.45, 2.75) is 43.2 Å². The maximum atomic E-state index is 12.4. The molecule has 118 valence electrons. The summed E-state index contributed by atoms with van der Waals surface area (Å²) in [7, 11) is 0. The Bertz CT molecular complexity index is 592. The lowest BCUT2D eigenvalue weighted by Crippen LogP contribution is -2.59. The molecule has 0 radical (unpaired) electrons. The van der Waals surface area contributed by atoms with Crippen LogP contribution in [0.1, 0.15) is 25.3 Å². The summed E-state index contributed by atoms with van der Waals surface area (Å²) in [4.78, 5) is 12.4. The molecule has 0 spiro atoms. The largest absolute Gasteiger partial charge is 0.363 e. The summed E-state index contributed by atoms with van der Waals surface area (Å²) in [5.41, 5.74) is 0.403. The van der Waals surface area contributed by atoms with E-state index in [2.05, 4.69) is 12.1 Å². The molecule has 2 saturated heterocycles. The van der Waals surface area contributed by atoms with E-state index in [1.54, 1.807) is 18.7 Å². The number of ketones is 1. The van der Waals surface area contributed by atoms with E-state index in [0.717, 1.165) is 11.5 Å². The summed E-state index contributed by atoms with van der Waals surface area (Å²) in [5, 5.41) is 10.6. The second-order valence-electron chi connectivity index (χ2n) is 6.74. The molecule has 3 aliphatic rings. The van der Waals surface area contributed by atoms with Crippen molar-refractivity contribution in [3.8, 4) is 0 Å². The van der Waals surface area contributed by atoms with Crippen LogP contribution in [0.5, 0.6) is 0 Å². The molecule has 3 bridgehead atoms. The molecular formula is C17H20O4S. The van der Waals surface area contributed by atoms with Gasteiger partial charge in [0.25, 0.3) is 0 Å². The second-order valence-corrected chi connectivity index (χ2v) is 7.77. The van der Waals surface area contributed by atoms with Crippen molar-refractivity contribution in [3.05, 3.63) is 35.9 Å². The van der Waals surface area contributed by atoms with E-state index in [1.807, 2.05) is 18.2 Å². The Morgan fingerprint density at radius 2 is 2.09 bits per heavy atom. The Kier molecular flexibility index (Phi) is 3.38. The smallest absolute Gasteiger partial charge is 0.198 e. The monoisotopic (exact) mass is 320 g/mol. The van der Waals surface area contributed by atoms with Crippen molar-refractivity contribution in [2.75, 3.05) is 5.75 Å². The van der Waals surface area contributed by atoms with Crippen molar-refractivity contribution < 1.29 is 19.4 Å². The molecule has 1 aliphatic carbocycles. The summed E-state index contributed by atoms with van der Waals surface area (Å²) in [6, 6.07) is 10.3. The van der Waals surface area contributed by atoms with E-state index in [4.69, 9.17) is 9.47 Å². The van der Waals surface area contributed by atoms with Crippen molar-refractivity contribution >= 4 is 17.5 Å². The molecule has 22 heavy (non-hydrogen) atoms. The molecule has 5 atom stereocenters. The third-order valence-electron chi connectivity index (χ3n) is 5.22. The summed E-state index contributed by atoms with van der Waals surface area (Å²) < 4.78 is 11.7. The van der Waals surface area contributed by atoms with E-state index >= 15 is 0 Å². The van der Waals surface area contributed by atoms with E-state index in [9.17, 15) is 9.90 Å². The lowest BCUT2D eigenvalue weighted by Gasteiger charge is -2.45. The summed E-state index contributed by atoms with van der Waals surface area (Å²) >= 11 is 1.79. The third-order valence-corrected chi connectivity index (χ3v) is 6.38. The molecular weight excluding hydrogens is 300 g/mol. The maximum absolute atomic E-state index is 12.4. The molecule has 4 nitrogen and oxygen atoms in total. The minimum Gasteiger partial charge on any atom is -0.363 e. The van der Waals surface area contributed by atoms with Gasteiger partial charge in [0.1, 0.15) is 11.4 Å². The quantitative estimate of drug-likeness (QED) is 0.923. The van der Waals surface area contributed by atoms with Crippen LogP contribution < -0.4 is 0 Å². The van der Waals surface area contributed by atoms with Gasteiger partial charge in [-0.15, -0.1) is 0 Å². The summed E-state index contributed by atoms with van der Waals surface area (Å²) in [6.07, 6.45) is 0.170. The Labute approximate surface area is 134 Å². The lowest BCUT2D eigenvalue weighted by atomic mass is 9.70. The fourth-order valence-electron chi connectivity index (χ4n) is 3.85. The SMILES string of the molecule is C[C@]12CC(=O)[C@@H]3C[C@@]1(O)O[C@H](O2)[C@H]3CSCc1ccccc1. The molecule has 4 rings (SSSR count). The van der Waals surface area contributed by atoms with Gasteiger partial charge in [-0.2, -0.15) is 11.8 Å². The highest BCUT2D eigenvalue weighted by Crippen LogP contribution is 2.56. The van der Waals surface area contributed by atoms with Gasteiger partial charge in [-0.1, -0.05) is 30.3 Å². The number of rotatable bonds is 4. The van der Waals surface area contributed by atoms with Crippen LogP contribution in [0.3, 0.4) is 0 Å². The van der Waals surface area contributed by atoms with Gasteiger partial charge in [0, 0.05) is 36.2 Å². The predicted molar refractivity (Wildman–Crippen MR) is 83.1 cm³/mol. The Morgan fingerprint density at radius 1 is 1.32 bits per heavy atom. The van der Waals surface area contributed by atoms with E-state index in [-0.39, 0.29) is 24.0 Å². The zero-order chi connectivity index (χ0) is 15.4. The van der Waals surface area contributed by atoms with Crippen LogP contribution in [-0.2, 0) is 20.0 Å². The molecule has 2 aliphatic heterocycles. The molecule has 2 heterocycles. The van der Waals surface area contributed by atoms with Crippen LogP contribution in [0, 0.1) is 11.8 Å². The first-order chi connectivity index (χ1) is 10.5. The van der Waals surface area contributed by atoms with Crippen LogP contribution in [0.4, 0.5) is 0 Å². The van der Waals surface area contributed by atoms with E-state index in [1.165, 1.54) is 5.56 Å². The molecule has 1 aromatic rings. The minimum atomic E-state index is -1.28. The van der Waals surface area contributed by atoms with Gasteiger partial charge < -0.3 is 14.6 Å². The third kappa shape index (κ3) is 2.14. The Morgan fingerprint density at radius 3 is 2.86 bits per heavy atom. The molecule has 0 aromatic heterocycles. The topological polar surface area (TPSA) is 55.8 Å². The summed E-state index contributed by atoms with van der Waals surface area (Å²) in [5.74, 6) is 0.544. The molecule has 3 fully saturated rings. The highest BCUT2D eigenvalue weighted by molar-refractivity contribution is 7.98. The van der Waals surface area contributed by atoms with E-state index < -0.39 is 17.7 Å². The van der Waals surface area contributed by atoms with Crippen molar-refractivity contribution in [3.63, 3.8) is 0 Å². The number of thioether (sulfide) groups is 1. The first-order valence-electron chi connectivity index (χ1n) is 7.73. The highest BCUT2D eigenvalue weighted by atomic mass is 32.2. The molecule has 1 N–H and O–H groups in total. The van der Waals surface area contributed by atoms with Crippen LogP contribution >= 0.6 is 11.8 Å². The van der Waals surface area contributed by atoms with Gasteiger partial charge in [-0.05, 0) is 12.5 Å². The number of Topliss-reactive ketones (excluding diaryl/α,β-unsaturated/α-hetero) is 1. The number of aliphatic hydroxyl groups is 1. The standard InChI is InChI=1S/C17H20O4S/c1-16-8-14(18)12-7-17(16,19)21-15(20-16)13(12)10-22-9-11-5-3-2-4-6-11/h2-6,12-13,15,19H,7-10H2,1H3/t12-,13+,15+,16+,17-/m1/s1. The highest BCUT2D eigenvalue weighted by Gasteiger charge is 2.69. The van der Waals surface area contributed by atoms with Crippen LogP contribution in [0.2, 0.25) is 0 Å². The first-order valence-corrected chi connectivity index (χ1v) is 8.89. The molecule has 0 amide bonds. The number of carbonyl (C=O) groups excluding carboxylic acids is 1. The summed E-state index contributed by atoms with van der Waals surface area (Å²) in [6.45, 7) is 1.79. The Hall–Kier alpha value is -0.880. The minimum absolute atomic E-state index is 0.0332. The van der Waals surface area contributed by atoms with Crippen LogP contribution in [0.15, 0.2) is 30.3 Å². The van der Waals surface area contributed by atoms with Gasteiger partial charge in [-0.25, -0.2) is 0 Å². The van der Waals surface area contributed by atoms with Gasteiger partial charge in [0.2, 0.25) is 0 Å². The molecule has 0 unspecified atom stereocenters. The fourth-order valence-corrected chi connectivity index (χ4v) is 5.05. The average molecular weight is 320 g/mol. The number of ether oxygens (including phenoxy) is 2. The molecule has 1 saturated carbocycles. The van der Waals surface area contributed by atoms with Gasteiger partial charge in [0.15, 0.2) is 12.1 Å². The normalized spacial score (nSPS) is 42.8. The number of carbonyl (C=O) groups is 1. The zero-order valence-electron chi connectivity index (χ0n) is 12.5. The van der Waals surface area contributed by atoms with Gasteiger partial charge in [0.05, 0.1) is 0 Å². The Balaban J connectivity index is 1.46. The maximum Gasteiger partial charge on any atom is 0.198 e. The van der Waals surface area contributed by atoms with Crippen molar-refractivity contribution in [1.29, 1.82) is 0 Å². The number of hydrogen-bond acceptors (Lipinski definition) is 5. The first kappa shape index (κ1) is 14.7. The zero-order valence-corrected chi connectivity index (χ0v) is 13.3.